The van der Waals surface area contributed by atoms with Crippen LogP contribution in [-0.4, -0.2) is 38.6 Å². The summed E-state index contributed by atoms with van der Waals surface area (Å²) in [4.78, 5) is 0. The van der Waals surface area contributed by atoms with E-state index in [1.165, 1.54) is 6.07 Å². The largest absolute Gasteiger partial charge is 0.316 e. The molecule has 0 heterocycles. The van der Waals surface area contributed by atoms with Crippen molar-refractivity contribution in [3.8, 4) is 0 Å². The predicted octanol–water partition coefficient (Wildman–Crippen LogP) is 4.19. The third kappa shape index (κ3) is 8.57. The van der Waals surface area contributed by atoms with Gasteiger partial charge in [0.05, 0.1) is 4.75 Å². The molecule has 0 aliphatic heterocycles. The smallest absolute Gasteiger partial charge is 0.216 e. The van der Waals surface area contributed by atoms with Crippen molar-refractivity contribution in [3.05, 3.63) is 34.6 Å². The lowest BCUT2D eigenvalue weighted by molar-refractivity contribution is 0.538. The van der Waals surface area contributed by atoms with Gasteiger partial charge in [-0.2, -0.15) is 11.8 Å². The third-order valence-corrected chi connectivity index (χ3v) is 7.40. The van der Waals surface area contributed by atoms with E-state index in [2.05, 4.69) is 10.0 Å². The Hall–Kier alpha value is -0.340. The lowest BCUT2D eigenvalue weighted by Gasteiger charge is -2.19. The van der Waals surface area contributed by atoms with Gasteiger partial charge in [-0.25, -0.2) is 17.5 Å². The SMILES string of the molecule is CC(C)(C)S(=O)(=O)NCCCCCNCCSCc1c(F)cccc1Cl. The fourth-order valence-corrected chi connectivity index (χ4v) is 4.17. The van der Waals surface area contributed by atoms with E-state index in [4.69, 9.17) is 11.6 Å². The van der Waals surface area contributed by atoms with Crippen LogP contribution in [0.15, 0.2) is 18.2 Å². The Kier molecular flexibility index (Phi) is 10.5. The van der Waals surface area contributed by atoms with E-state index >= 15 is 0 Å². The van der Waals surface area contributed by atoms with Gasteiger partial charge in [-0.15, -0.1) is 0 Å². The molecule has 0 spiro atoms. The number of rotatable bonds is 12. The molecule has 0 atom stereocenters. The molecule has 0 unspecified atom stereocenters. The molecular formula is C18H30ClFN2O2S2. The molecule has 2 N–H and O–H groups in total. The first-order chi connectivity index (χ1) is 12.1. The molecule has 0 aromatic heterocycles. The standard InChI is InChI=1S/C18H30ClFN2O2S2/c1-18(2,3)26(23,24)22-11-6-4-5-10-21-12-13-25-14-15-16(19)8-7-9-17(15)20/h7-9,21-22H,4-6,10-14H2,1-3H3. The van der Waals surface area contributed by atoms with Gasteiger partial charge in [0.25, 0.3) is 0 Å². The molecule has 1 aromatic carbocycles. The van der Waals surface area contributed by atoms with Crippen molar-refractivity contribution in [1.82, 2.24) is 10.0 Å². The molecule has 4 nitrogen and oxygen atoms in total. The number of sulfonamides is 1. The summed E-state index contributed by atoms with van der Waals surface area (Å²) in [5, 5.41) is 3.83. The van der Waals surface area contributed by atoms with Gasteiger partial charge in [0.2, 0.25) is 10.0 Å². The monoisotopic (exact) mass is 424 g/mol. The lowest BCUT2D eigenvalue weighted by Crippen LogP contribution is -2.39. The van der Waals surface area contributed by atoms with E-state index in [9.17, 15) is 12.8 Å². The van der Waals surface area contributed by atoms with Crippen molar-refractivity contribution in [3.63, 3.8) is 0 Å². The lowest BCUT2D eigenvalue weighted by atomic mass is 10.2. The van der Waals surface area contributed by atoms with E-state index in [-0.39, 0.29) is 5.82 Å². The summed E-state index contributed by atoms with van der Waals surface area (Å²) in [6, 6.07) is 4.75. The maximum Gasteiger partial charge on any atom is 0.216 e. The molecule has 8 heteroatoms. The van der Waals surface area contributed by atoms with Gasteiger partial charge in [0, 0.05) is 35.2 Å². The van der Waals surface area contributed by atoms with E-state index in [0.717, 1.165) is 38.1 Å². The quantitative estimate of drug-likeness (QED) is 0.494. The zero-order valence-corrected chi connectivity index (χ0v) is 18.2. The highest BCUT2D eigenvalue weighted by Crippen LogP contribution is 2.23. The van der Waals surface area contributed by atoms with Crippen LogP contribution in [0.1, 0.15) is 45.6 Å². The Balaban J connectivity index is 2.00. The molecule has 0 aliphatic rings. The highest BCUT2D eigenvalue weighted by atomic mass is 35.5. The molecule has 0 saturated heterocycles. The van der Waals surface area contributed by atoms with Gasteiger partial charge in [-0.1, -0.05) is 24.1 Å². The molecule has 26 heavy (non-hydrogen) atoms. The third-order valence-electron chi connectivity index (χ3n) is 3.86. The van der Waals surface area contributed by atoms with Crippen molar-refractivity contribution in [2.24, 2.45) is 0 Å². The summed E-state index contributed by atoms with van der Waals surface area (Å²) in [5.41, 5.74) is 0.567. The minimum atomic E-state index is -3.24. The van der Waals surface area contributed by atoms with Crippen LogP contribution in [0, 0.1) is 5.82 Å². The summed E-state index contributed by atoms with van der Waals surface area (Å²) >= 11 is 7.64. The van der Waals surface area contributed by atoms with Gasteiger partial charge >= 0.3 is 0 Å². The first kappa shape index (κ1) is 23.7. The molecule has 1 rings (SSSR count). The highest BCUT2D eigenvalue weighted by molar-refractivity contribution is 7.98. The van der Waals surface area contributed by atoms with Crippen LogP contribution in [-0.2, 0) is 15.8 Å². The zero-order chi connectivity index (χ0) is 19.6. The molecular weight excluding hydrogens is 395 g/mol. The van der Waals surface area contributed by atoms with Crippen molar-refractivity contribution in [1.29, 1.82) is 0 Å². The van der Waals surface area contributed by atoms with Crippen LogP contribution in [0.5, 0.6) is 0 Å². The Morgan fingerprint density at radius 3 is 2.46 bits per heavy atom. The van der Waals surface area contributed by atoms with Crippen molar-refractivity contribution in [2.45, 2.75) is 50.5 Å². The van der Waals surface area contributed by atoms with Crippen molar-refractivity contribution >= 4 is 33.4 Å². The number of benzene rings is 1. The average molecular weight is 425 g/mol. The molecule has 1 aromatic rings. The summed E-state index contributed by atoms with van der Waals surface area (Å²) < 4.78 is 39.2. The number of halogens is 2. The molecule has 150 valence electrons. The number of thioether (sulfide) groups is 1. The molecule has 0 bridgehead atoms. The second-order valence-corrected chi connectivity index (χ2v) is 11.1. The summed E-state index contributed by atoms with van der Waals surface area (Å²) in [7, 11) is -3.24. The zero-order valence-electron chi connectivity index (χ0n) is 15.8. The Morgan fingerprint density at radius 2 is 1.81 bits per heavy atom. The van der Waals surface area contributed by atoms with E-state index < -0.39 is 14.8 Å². The summed E-state index contributed by atoms with van der Waals surface area (Å²) in [6.45, 7) is 7.31. The van der Waals surface area contributed by atoms with Crippen LogP contribution in [0.25, 0.3) is 0 Å². The average Bonchev–Trinajstić information content (AvgIpc) is 2.53. The number of unbranched alkanes of at least 4 members (excludes halogenated alkanes) is 2. The van der Waals surface area contributed by atoms with Crippen LogP contribution in [0.3, 0.4) is 0 Å². The predicted molar refractivity (Wildman–Crippen MR) is 111 cm³/mol. The maximum absolute atomic E-state index is 13.6. The molecule has 0 aliphatic carbocycles. The summed E-state index contributed by atoms with van der Waals surface area (Å²) in [5.74, 6) is 1.21. The minimum Gasteiger partial charge on any atom is -0.316 e. The number of hydrogen-bond donors (Lipinski definition) is 2. The van der Waals surface area contributed by atoms with Gasteiger partial charge in [0.15, 0.2) is 0 Å². The first-order valence-electron chi connectivity index (χ1n) is 8.86. The van der Waals surface area contributed by atoms with E-state index in [1.54, 1.807) is 44.7 Å². The van der Waals surface area contributed by atoms with Crippen LogP contribution in [0.2, 0.25) is 5.02 Å². The number of nitrogens with one attached hydrogen (secondary N) is 2. The highest BCUT2D eigenvalue weighted by Gasteiger charge is 2.27. The normalized spacial score (nSPS) is 12.5. The topological polar surface area (TPSA) is 58.2 Å². The van der Waals surface area contributed by atoms with Crippen LogP contribution < -0.4 is 10.0 Å². The second-order valence-electron chi connectivity index (χ2n) is 7.07. The molecule has 0 saturated carbocycles. The molecule has 0 fully saturated rings. The molecule has 0 amide bonds. The van der Waals surface area contributed by atoms with Crippen LogP contribution >= 0.6 is 23.4 Å². The maximum atomic E-state index is 13.6. The van der Waals surface area contributed by atoms with E-state index in [1.807, 2.05) is 0 Å². The Morgan fingerprint density at radius 1 is 1.12 bits per heavy atom. The Bertz CT molecular complexity index is 629. The second kappa shape index (κ2) is 11.5. The van der Waals surface area contributed by atoms with Crippen LogP contribution in [0.4, 0.5) is 4.39 Å². The van der Waals surface area contributed by atoms with Gasteiger partial charge in [-0.05, 0) is 52.3 Å². The number of hydrogen-bond acceptors (Lipinski definition) is 4. The fourth-order valence-electron chi connectivity index (χ4n) is 2.09. The van der Waals surface area contributed by atoms with Crippen molar-refractivity contribution < 1.29 is 12.8 Å². The summed E-state index contributed by atoms with van der Waals surface area (Å²) in [6.07, 6.45) is 2.80. The van der Waals surface area contributed by atoms with Gasteiger partial charge in [-0.3, -0.25) is 0 Å². The first-order valence-corrected chi connectivity index (χ1v) is 11.9. The molecule has 0 radical (unpaired) electrons. The van der Waals surface area contributed by atoms with Crippen molar-refractivity contribution in [2.75, 3.05) is 25.4 Å². The van der Waals surface area contributed by atoms with Gasteiger partial charge < -0.3 is 5.32 Å². The Labute approximate surface area is 166 Å². The van der Waals surface area contributed by atoms with E-state index in [0.29, 0.717) is 22.9 Å². The van der Waals surface area contributed by atoms with Gasteiger partial charge in [0.1, 0.15) is 5.82 Å². The fraction of sp³-hybridized carbons (Fsp3) is 0.667. The minimum absolute atomic E-state index is 0.250.